The predicted octanol–water partition coefficient (Wildman–Crippen LogP) is 4.30. The first kappa shape index (κ1) is 27.7. The van der Waals surface area contributed by atoms with Gasteiger partial charge >= 0.3 is 0 Å². The number of benzene rings is 2. The van der Waals surface area contributed by atoms with E-state index in [4.69, 9.17) is 4.74 Å². The number of hydrogen-bond donors (Lipinski definition) is 2. The first-order chi connectivity index (χ1) is 19.3. The molecule has 0 spiro atoms. The van der Waals surface area contributed by atoms with Crippen molar-refractivity contribution in [3.05, 3.63) is 83.1 Å². The molecule has 5 rings (SSSR count). The van der Waals surface area contributed by atoms with Crippen LogP contribution in [0.15, 0.2) is 67.0 Å². The number of thiazole rings is 1. The molecule has 10 heteroatoms. The molecule has 3 atom stereocenters. The molecule has 4 aromatic rings. The van der Waals surface area contributed by atoms with Crippen LogP contribution in [-0.2, 0) is 6.54 Å². The average Bonchev–Trinajstić information content (AvgIpc) is 3.40. The summed E-state index contributed by atoms with van der Waals surface area (Å²) in [6, 6.07) is 16.3. The summed E-state index contributed by atoms with van der Waals surface area (Å²) in [7, 11) is 2.02. The normalized spacial score (nSPS) is 18.1. The van der Waals surface area contributed by atoms with Gasteiger partial charge in [-0.25, -0.2) is 4.98 Å². The van der Waals surface area contributed by atoms with Gasteiger partial charge in [0.25, 0.3) is 11.8 Å². The number of hydrogen-bond acceptors (Lipinski definition) is 8. The molecular weight excluding hydrogens is 526 g/mol. The van der Waals surface area contributed by atoms with Crippen molar-refractivity contribution in [1.29, 1.82) is 0 Å². The van der Waals surface area contributed by atoms with Crippen LogP contribution >= 0.6 is 11.3 Å². The number of nitrogens with one attached hydrogen (secondary N) is 1. The fraction of sp³-hybridized carbons (Fsp3) is 0.333. The second-order valence-corrected chi connectivity index (χ2v) is 11.3. The average molecular weight is 560 g/mol. The highest BCUT2D eigenvalue weighted by molar-refractivity contribution is 7.20. The number of likely N-dealkylation sites (N-methyl/N-ethyl adjacent to an activating group) is 1. The molecular formula is C30H33N5O4S. The van der Waals surface area contributed by atoms with E-state index in [0.29, 0.717) is 41.6 Å². The van der Waals surface area contributed by atoms with Gasteiger partial charge in [-0.05, 0) is 55.9 Å². The molecule has 1 aliphatic rings. The van der Waals surface area contributed by atoms with Gasteiger partial charge in [-0.1, -0.05) is 25.1 Å². The van der Waals surface area contributed by atoms with Gasteiger partial charge in [-0.15, -0.1) is 11.3 Å². The molecule has 9 nitrogen and oxygen atoms in total. The van der Waals surface area contributed by atoms with E-state index in [2.05, 4.69) is 20.2 Å². The van der Waals surface area contributed by atoms with Crippen molar-refractivity contribution < 1.29 is 19.4 Å². The standard InChI is InChI=1S/C30H33N5O4S/c1-19-15-35(20(2)18-36)30(38)22-7-6-9-24(32-28(37)29-33-23-8-4-5-10-26(23)40-29)27(22)39-25(19)17-34(3)16-21-11-13-31-14-12-21/h4-14,19-20,25,36H,15-18H2,1-3H3,(H,32,37)/t19-,20?,25+/m0/s1. The minimum Gasteiger partial charge on any atom is -0.486 e. The number of aliphatic hydroxyl groups excluding tert-OH is 1. The van der Waals surface area contributed by atoms with Crippen LogP contribution in [0.2, 0.25) is 0 Å². The van der Waals surface area contributed by atoms with Gasteiger partial charge in [0, 0.05) is 37.9 Å². The lowest BCUT2D eigenvalue weighted by atomic mass is 9.99. The number of ether oxygens (including phenoxy) is 1. The Labute approximate surface area is 237 Å². The lowest BCUT2D eigenvalue weighted by molar-refractivity contribution is 0.0343. The van der Waals surface area contributed by atoms with Gasteiger partial charge in [0.2, 0.25) is 0 Å². The molecule has 0 radical (unpaired) electrons. The van der Waals surface area contributed by atoms with E-state index in [1.807, 2.05) is 57.3 Å². The third-order valence-corrected chi connectivity index (χ3v) is 8.16. The highest BCUT2D eigenvalue weighted by Gasteiger charge is 2.34. The molecule has 40 heavy (non-hydrogen) atoms. The number of nitrogens with zero attached hydrogens (tertiary/aromatic N) is 4. The van der Waals surface area contributed by atoms with Crippen molar-refractivity contribution in [2.24, 2.45) is 5.92 Å². The molecule has 2 aromatic carbocycles. The highest BCUT2D eigenvalue weighted by atomic mass is 32.1. The monoisotopic (exact) mass is 559 g/mol. The van der Waals surface area contributed by atoms with E-state index >= 15 is 0 Å². The zero-order chi connectivity index (χ0) is 28.2. The summed E-state index contributed by atoms with van der Waals surface area (Å²) >= 11 is 1.31. The van der Waals surface area contributed by atoms with Gasteiger partial charge < -0.3 is 20.1 Å². The SMILES string of the molecule is CC(CO)N1C[C@H](C)[C@@H](CN(C)Cc2ccncc2)Oc2c(NC(=O)c3nc4ccccc4s3)cccc2C1=O. The molecule has 2 amide bonds. The quantitative estimate of drug-likeness (QED) is 0.332. The minimum absolute atomic E-state index is 0.0565. The van der Waals surface area contributed by atoms with Crippen molar-refractivity contribution in [2.75, 3.05) is 32.1 Å². The Bertz CT molecular complexity index is 1460. The summed E-state index contributed by atoms with van der Waals surface area (Å²) in [6.45, 7) is 5.43. The van der Waals surface area contributed by atoms with Crippen LogP contribution in [0.3, 0.4) is 0 Å². The minimum atomic E-state index is -0.378. The summed E-state index contributed by atoms with van der Waals surface area (Å²) in [6.07, 6.45) is 3.25. The Morgan fingerprint density at radius 2 is 1.98 bits per heavy atom. The van der Waals surface area contributed by atoms with Crippen molar-refractivity contribution in [1.82, 2.24) is 19.8 Å². The van der Waals surface area contributed by atoms with E-state index < -0.39 is 0 Å². The van der Waals surface area contributed by atoms with E-state index in [-0.39, 0.29) is 36.5 Å². The smallest absolute Gasteiger partial charge is 0.284 e. The maximum Gasteiger partial charge on any atom is 0.284 e. The fourth-order valence-corrected chi connectivity index (χ4v) is 5.74. The zero-order valence-corrected chi connectivity index (χ0v) is 23.6. The van der Waals surface area contributed by atoms with Crippen LogP contribution in [0.1, 0.15) is 39.6 Å². The number of rotatable bonds is 8. The fourth-order valence-electron chi connectivity index (χ4n) is 4.88. The number of para-hydroxylation sites is 2. The summed E-state index contributed by atoms with van der Waals surface area (Å²) in [5, 5.41) is 13.2. The maximum absolute atomic E-state index is 13.7. The molecule has 3 heterocycles. The highest BCUT2D eigenvalue weighted by Crippen LogP contribution is 2.35. The van der Waals surface area contributed by atoms with Crippen LogP contribution in [0, 0.1) is 5.92 Å². The molecule has 0 fully saturated rings. The van der Waals surface area contributed by atoms with E-state index in [1.54, 1.807) is 35.5 Å². The second-order valence-electron chi connectivity index (χ2n) is 10.3. The molecule has 0 saturated carbocycles. The molecule has 1 unspecified atom stereocenters. The van der Waals surface area contributed by atoms with Crippen molar-refractivity contribution in [3.8, 4) is 5.75 Å². The molecule has 1 aliphatic heterocycles. The summed E-state index contributed by atoms with van der Waals surface area (Å²) < 4.78 is 7.54. The first-order valence-corrected chi connectivity index (χ1v) is 14.1. The number of anilines is 1. The molecule has 0 aliphatic carbocycles. The Balaban J connectivity index is 1.47. The Morgan fingerprint density at radius 3 is 2.73 bits per heavy atom. The van der Waals surface area contributed by atoms with Gasteiger partial charge in [-0.2, -0.15) is 0 Å². The van der Waals surface area contributed by atoms with E-state index in [0.717, 1.165) is 15.8 Å². The molecule has 2 N–H and O–H groups in total. The Morgan fingerprint density at radius 1 is 1.20 bits per heavy atom. The number of aromatic nitrogens is 2. The van der Waals surface area contributed by atoms with Crippen LogP contribution in [0.5, 0.6) is 5.75 Å². The van der Waals surface area contributed by atoms with Gasteiger partial charge in [-0.3, -0.25) is 19.5 Å². The van der Waals surface area contributed by atoms with Crippen LogP contribution in [0.25, 0.3) is 10.2 Å². The molecule has 0 saturated heterocycles. The Kier molecular flexibility index (Phi) is 8.39. The van der Waals surface area contributed by atoms with Crippen molar-refractivity contribution >= 4 is 39.1 Å². The van der Waals surface area contributed by atoms with Crippen LogP contribution < -0.4 is 10.1 Å². The number of amides is 2. The third kappa shape index (κ3) is 5.99. The third-order valence-electron chi connectivity index (χ3n) is 7.12. The largest absolute Gasteiger partial charge is 0.486 e. The lowest BCUT2D eigenvalue weighted by Crippen LogP contribution is -2.49. The lowest BCUT2D eigenvalue weighted by Gasteiger charge is -2.38. The zero-order valence-electron chi connectivity index (χ0n) is 22.8. The van der Waals surface area contributed by atoms with Crippen LogP contribution in [0.4, 0.5) is 5.69 Å². The number of fused-ring (bicyclic) bond motifs is 2. The number of carbonyl (C=O) groups is 2. The van der Waals surface area contributed by atoms with E-state index in [9.17, 15) is 14.7 Å². The summed E-state index contributed by atoms with van der Waals surface area (Å²) in [4.78, 5) is 39.5. The summed E-state index contributed by atoms with van der Waals surface area (Å²) in [5.41, 5.74) is 2.64. The van der Waals surface area contributed by atoms with Gasteiger partial charge in [0.05, 0.1) is 34.1 Å². The topological polar surface area (TPSA) is 108 Å². The number of aliphatic hydroxyl groups is 1. The molecule has 0 bridgehead atoms. The predicted molar refractivity (Wildman–Crippen MR) is 156 cm³/mol. The van der Waals surface area contributed by atoms with Gasteiger partial charge in [0.15, 0.2) is 10.8 Å². The molecule has 208 valence electrons. The maximum atomic E-state index is 13.7. The Hall–Kier alpha value is -3.86. The molecule has 2 aromatic heterocycles. The first-order valence-electron chi connectivity index (χ1n) is 13.3. The van der Waals surface area contributed by atoms with Crippen molar-refractivity contribution in [2.45, 2.75) is 32.5 Å². The second kappa shape index (κ2) is 12.1. The van der Waals surface area contributed by atoms with E-state index in [1.165, 1.54) is 11.3 Å². The van der Waals surface area contributed by atoms with Crippen LogP contribution in [-0.4, -0.2) is 75.6 Å². The summed E-state index contributed by atoms with van der Waals surface area (Å²) in [5.74, 6) is -0.347. The van der Waals surface area contributed by atoms with Gasteiger partial charge in [0.1, 0.15) is 6.10 Å². The number of carbonyl (C=O) groups excluding carboxylic acids is 2. The van der Waals surface area contributed by atoms with Crippen molar-refractivity contribution in [3.63, 3.8) is 0 Å². The number of pyridine rings is 1.